The number of imide groups is 1. The van der Waals surface area contributed by atoms with E-state index in [0.29, 0.717) is 18.8 Å². The van der Waals surface area contributed by atoms with Crippen molar-refractivity contribution in [1.82, 2.24) is 10.3 Å². The van der Waals surface area contributed by atoms with Crippen LogP contribution in [-0.2, 0) is 14.2 Å². The summed E-state index contributed by atoms with van der Waals surface area (Å²) in [5, 5.41) is 2.95. The fraction of sp³-hybridized carbons (Fsp3) is 0.692. The fourth-order valence-corrected chi connectivity index (χ4v) is 3.83. The molecule has 0 aliphatic carbocycles. The zero-order valence-corrected chi connectivity index (χ0v) is 23.3. The average molecular weight is 507 g/mol. The normalized spacial score (nSPS) is 18.8. The Hall–Kier alpha value is -3.04. The van der Waals surface area contributed by atoms with Crippen LogP contribution in [0, 0.1) is 5.92 Å². The number of alkyl carbamates (subject to hydrolysis) is 1. The number of carbonyl (C=O) groups is 3. The molecule has 36 heavy (non-hydrogen) atoms. The lowest BCUT2D eigenvalue weighted by atomic mass is 9.95. The van der Waals surface area contributed by atoms with Gasteiger partial charge in [0, 0.05) is 25.3 Å². The second-order valence-electron chi connectivity index (χ2n) is 12.2. The highest BCUT2D eigenvalue weighted by atomic mass is 16.6. The molecule has 202 valence electrons. The molecule has 2 heterocycles. The minimum Gasteiger partial charge on any atom is -0.444 e. The Morgan fingerprint density at radius 1 is 0.917 bits per heavy atom. The number of nitrogens with zero attached hydrogens (tertiary/aromatic N) is 3. The van der Waals surface area contributed by atoms with E-state index in [9.17, 15) is 14.4 Å². The van der Waals surface area contributed by atoms with Crippen molar-refractivity contribution in [3.8, 4) is 0 Å². The van der Waals surface area contributed by atoms with Crippen LogP contribution in [0.1, 0.15) is 75.7 Å². The predicted octanol–water partition coefficient (Wildman–Crippen LogP) is 5.50. The number of anilines is 2. The van der Waals surface area contributed by atoms with Crippen molar-refractivity contribution in [2.24, 2.45) is 5.92 Å². The molecule has 0 aromatic carbocycles. The number of piperidine rings is 1. The molecule has 10 nitrogen and oxygen atoms in total. The SMILES string of the molecule is CC1CC(NC(=O)OC(C)(C)C)CN(c2ccncc2N(C(=O)OC(C)(C)C)C(=O)OC(C)(C)C)C1. The molecular weight excluding hydrogens is 464 g/mol. The second kappa shape index (κ2) is 10.9. The van der Waals surface area contributed by atoms with Gasteiger partial charge in [0.2, 0.25) is 0 Å². The van der Waals surface area contributed by atoms with Crippen LogP contribution in [0.4, 0.5) is 25.8 Å². The molecule has 1 saturated heterocycles. The quantitative estimate of drug-likeness (QED) is 0.535. The summed E-state index contributed by atoms with van der Waals surface area (Å²) < 4.78 is 16.5. The molecule has 1 aliphatic rings. The summed E-state index contributed by atoms with van der Waals surface area (Å²) in [6, 6.07) is 1.54. The summed E-state index contributed by atoms with van der Waals surface area (Å²) in [7, 11) is 0. The van der Waals surface area contributed by atoms with Gasteiger partial charge in [0.1, 0.15) is 22.5 Å². The molecule has 3 amide bonds. The number of aromatic nitrogens is 1. The van der Waals surface area contributed by atoms with E-state index in [1.165, 1.54) is 6.20 Å². The smallest absolute Gasteiger partial charge is 0.424 e. The largest absolute Gasteiger partial charge is 0.444 e. The summed E-state index contributed by atoms with van der Waals surface area (Å²) in [6.07, 6.45) is 1.59. The van der Waals surface area contributed by atoms with Crippen LogP contribution in [0.5, 0.6) is 0 Å². The third-order valence-electron chi connectivity index (χ3n) is 4.89. The summed E-state index contributed by atoms with van der Waals surface area (Å²) in [4.78, 5) is 45.9. The molecule has 0 bridgehead atoms. The van der Waals surface area contributed by atoms with Gasteiger partial charge >= 0.3 is 18.3 Å². The van der Waals surface area contributed by atoms with Crippen molar-refractivity contribution in [2.45, 2.75) is 98.5 Å². The van der Waals surface area contributed by atoms with Crippen molar-refractivity contribution in [1.29, 1.82) is 0 Å². The number of nitrogens with one attached hydrogen (secondary N) is 1. The van der Waals surface area contributed by atoms with Gasteiger partial charge in [-0.15, -0.1) is 0 Å². The van der Waals surface area contributed by atoms with E-state index in [1.54, 1.807) is 53.8 Å². The van der Waals surface area contributed by atoms with E-state index < -0.39 is 35.1 Å². The van der Waals surface area contributed by atoms with Crippen LogP contribution in [0.25, 0.3) is 0 Å². The van der Waals surface area contributed by atoms with Gasteiger partial charge in [-0.25, -0.2) is 14.4 Å². The Morgan fingerprint density at radius 2 is 1.44 bits per heavy atom. The second-order valence-corrected chi connectivity index (χ2v) is 12.2. The van der Waals surface area contributed by atoms with Gasteiger partial charge in [0.15, 0.2) is 0 Å². The van der Waals surface area contributed by atoms with Crippen molar-refractivity contribution in [3.63, 3.8) is 0 Å². The number of amides is 3. The Labute approximate surface area is 214 Å². The van der Waals surface area contributed by atoms with Crippen LogP contribution >= 0.6 is 0 Å². The number of rotatable bonds is 3. The first-order valence-electron chi connectivity index (χ1n) is 12.3. The maximum absolute atomic E-state index is 13.2. The molecule has 1 aliphatic heterocycles. The van der Waals surface area contributed by atoms with Crippen molar-refractivity contribution >= 4 is 29.7 Å². The van der Waals surface area contributed by atoms with Gasteiger partial charge in [-0.3, -0.25) is 4.98 Å². The highest BCUT2D eigenvalue weighted by Gasteiger charge is 2.36. The predicted molar refractivity (Wildman–Crippen MR) is 138 cm³/mol. The van der Waals surface area contributed by atoms with E-state index in [-0.39, 0.29) is 17.6 Å². The van der Waals surface area contributed by atoms with Crippen molar-refractivity contribution in [3.05, 3.63) is 18.5 Å². The number of ether oxygens (including phenoxy) is 3. The monoisotopic (exact) mass is 506 g/mol. The van der Waals surface area contributed by atoms with Gasteiger partial charge in [0.25, 0.3) is 0 Å². The zero-order valence-electron chi connectivity index (χ0n) is 23.3. The minimum atomic E-state index is -0.862. The number of hydrogen-bond donors (Lipinski definition) is 1. The highest BCUT2D eigenvalue weighted by molar-refractivity contribution is 6.11. The maximum Gasteiger partial charge on any atom is 0.424 e. The number of pyridine rings is 1. The van der Waals surface area contributed by atoms with Crippen molar-refractivity contribution < 1.29 is 28.6 Å². The van der Waals surface area contributed by atoms with E-state index >= 15 is 0 Å². The zero-order chi connectivity index (χ0) is 27.5. The van der Waals surface area contributed by atoms with Gasteiger partial charge in [-0.2, -0.15) is 4.90 Å². The Bertz CT molecular complexity index is 917. The minimum absolute atomic E-state index is 0.193. The lowest BCUT2D eigenvalue weighted by Gasteiger charge is -2.39. The lowest BCUT2D eigenvalue weighted by Crippen LogP contribution is -2.52. The van der Waals surface area contributed by atoms with Gasteiger partial charge < -0.3 is 24.4 Å². The first-order chi connectivity index (χ1) is 16.3. The van der Waals surface area contributed by atoms with Crippen LogP contribution in [-0.4, -0.2) is 59.2 Å². The molecule has 2 atom stereocenters. The molecule has 1 aromatic rings. The number of carbonyl (C=O) groups excluding carboxylic acids is 3. The Balaban J connectivity index is 2.41. The van der Waals surface area contributed by atoms with Crippen LogP contribution in [0.3, 0.4) is 0 Å². The van der Waals surface area contributed by atoms with E-state index in [4.69, 9.17) is 14.2 Å². The average Bonchev–Trinajstić information content (AvgIpc) is 2.63. The summed E-state index contributed by atoms with van der Waals surface area (Å²) in [5.41, 5.74) is -1.43. The Morgan fingerprint density at radius 3 is 1.94 bits per heavy atom. The molecule has 2 unspecified atom stereocenters. The number of hydrogen-bond acceptors (Lipinski definition) is 8. The van der Waals surface area contributed by atoms with Gasteiger partial charge in [-0.05, 0) is 80.7 Å². The third-order valence-corrected chi connectivity index (χ3v) is 4.89. The molecule has 2 rings (SSSR count). The summed E-state index contributed by atoms with van der Waals surface area (Å²) in [5.74, 6) is 0.219. The Kier molecular flexibility index (Phi) is 8.86. The van der Waals surface area contributed by atoms with E-state index in [2.05, 4.69) is 17.2 Å². The van der Waals surface area contributed by atoms with Gasteiger partial charge in [-0.1, -0.05) is 6.92 Å². The molecule has 10 heteroatoms. The van der Waals surface area contributed by atoms with Gasteiger partial charge in [0.05, 0.1) is 11.9 Å². The molecule has 0 saturated carbocycles. The highest BCUT2D eigenvalue weighted by Crippen LogP contribution is 2.34. The third kappa shape index (κ3) is 9.20. The molecule has 1 N–H and O–H groups in total. The topological polar surface area (TPSA) is 110 Å². The molecule has 1 aromatic heterocycles. The summed E-state index contributed by atoms with van der Waals surface area (Å²) in [6.45, 7) is 19.0. The van der Waals surface area contributed by atoms with E-state index in [0.717, 1.165) is 11.3 Å². The van der Waals surface area contributed by atoms with E-state index in [1.807, 2.05) is 25.7 Å². The first-order valence-corrected chi connectivity index (χ1v) is 12.3. The molecule has 0 radical (unpaired) electrons. The molecule has 1 fully saturated rings. The van der Waals surface area contributed by atoms with Crippen LogP contribution < -0.4 is 15.1 Å². The fourth-order valence-electron chi connectivity index (χ4n) is 3.83. The maximum atomic E-state index is 13.2. The first kappa shape index (κ1) is 29.2. The lowest BCUT2D eigenvalue weighted by molar-refractivity contribution is 0.0427. The molecule has 0 spiro atoms. The summed E-state index contributed by atoms with van der Waals surface area (Å²) >= 11 is 0. The standard InChI is InChI=1S/C26H42N4O6/c1-17-13-18(28-21(31)34-24(2,3)4)16-29(15-17)19-11-12-27-14-20(19)30(22(32)35-25(5,6)7)23(33)36-26(8,9)10/h11-12,14,17-18H,13,15-16H2,1-10H3,(H,28,31). The van der Waals surface area contributed by atoms with Crippen LogP contribution in [0.2, 0.25) is 0 Å². The van der Waals surface area contributed by atoms with Crippen molar-refractivity contribution in [2.75, 3.05) is 22.9 Å². The molecular formula is C26H42N4O6. The van der Waals surface area contributed by atoms with Crippen LogP contribution in [0.15, 0.2) is 18.5 Å².